The number of pyridine rings is 1. The highest BCUT2D eigenvalue weighted by Crippen LogP contribution is 2.20. The summed E-state index contributed by atoms with van der Waals surface area (Å²) in [6.07, 6.45) is 7.46. The van der Waals surface area contributed by atoms with Crippen molar-refractivity contribution in [1.82, 2.24) is 24.9 Å². The summed E-state index contributed by atoms with van der Waals surface area (Å²) >= 11 is 0. The highest BCUT2D eigenvalue weighted by molar-refractivity contribution is 5.36. The summed E-state index contributed by atoms with van der Waals surface area (Å²) in [5.74, 6) is 0.967. The van der Waals surface area contributed by atoms with Crippen molar-refractivity contribution < 1.29 is 4.74 Å². The number of nitriles is 1. The zero-order valence-corrected chi connectivity index (χ0v) is 13.0. The third-order valence-electron chi connectivity index (χ3n) is 4.17. The summed E-state index contributed by atoms with van der Waals surface area (Å²) in [7, 11) is 0. The molecule has 120 valence electrons. The Bertz CT molecular complexity index is 643. The van der Waals surface area contributed by atoms with E-state index in [0.29, 0.717) is 24.0 Å². The molecule has 1 aliphatic rings. The first-order valence-electron chi connectivity index (χ1n) is 7.89. The van der Waals surface area contributed by atoms with E-state index in [2.05, 4.69) is 26.3 Å². The SMILES string of the molecule is N#Cc1cccnc1OCC1CCN(CCn2ccnn2)CC1. The van der Waals surface area contributed by atoms with Crippen molar-refractivity contribution in [3.8, 4) is 11.9 Å². The third-order valence-corrected chi connectivity index (χ3v) is 4.17. The predicted octanol–water partition coefficient (Wildman–Crippen LogP) is 1.34. The number of hydrogen-bond donors (Lipinski definition) is 0. The molecule has 1 fully saturated rings. The third kappa shape index (κ3) is 4.27. The summed E-state index contributed by atoms with van der Waals surface area (Å²) in [4.78, 5) is 6.58. The average Bonchev–Trinajstić information content (AvgIpc) is 3.13. The van der Waals surface area contributed by atoms with Gasteiger partial charge in [-0.15, -0.1) is 5.10 Å². The summed E-state index contributed by atoms with van der Waals surface area (Å²) in [5.41, 5.74) is 0.498. The van der Waals surface area contributed by atoms with Gasteiger partial charge in [0.15, 0.2) is 0 Å². The Balaban J connectivity index is 1.40. The fourth-order valence-corrected chi connectivity index (χ4v) is 2.76. The molecule has 0 amide bonds. The van der Waals surface area contributed by atoms with Crippen molar-refractivity contribution in [1.29, 1.82) is 5.26 Å². The van der Waals surface area contributed by atoms with E-state index in [1.807, 2.05) is 10.9 Å². The lowest BCUT2D eigenvalue weighted by molar-refractivity contribution is 0.135. The minimum absolute atomic E-state index is 0.448. The highest BCUT2D eigenvalue weighted by atomic mass is 16.5. The minimum Gasteiger partial charge on any atom is -0.476 e. The number of likely N-dealkylation sites (tertiary alicyclic amines) is 1. The maximum absolute atomic E-state index is 9.04. The van der Waals surface area contributed by atoms with E-state index in [1.54, 1.807) is 24.5 Å². The minimum atomic E-state index is 0.448. The summed E-state index contributed by atoms with van der Waals surface area (Å²) < 4.78 is 7.61. The number of ether oxygens (including phenoxy) is 1. The molecule has 0 saturated carbocycles. The van der Waals surface area contributed by atoms with Crippen LogP contribution in [0.4, 0.5) is 0 Å². The Morgan fingerprint density at radius 3 is 2.87 bits per heavy atom. The van der Waals surface area contributed by atoms with Crippen molar-refractivity contribution in [2.75, 3.05) is 26.2 Å². The molecule has 3 rings (SSSR count). The van der Waals surface area contributed by atoms with Gasteiger partial charge in [0.05, 0.1) is 19.3 Å². The predicted molar refractivity (Wildman–Crippen MR) is 83.6 cm³/mol. The van der Waals surface area contributed by atoms with Crippen LogP contribution in [0.1, 0.15) is 18.4 Å². The smallest absolute Gasteiger partial charge is 0.231 e. The summed E-state index contributed by atoms with van der Waals surface area (Å²) in [6.45, 7) is 4.63. The van der Waals surface area contributed by atoms with Gasteiger partial charge in [0.2, 0.25) is 5.88 Å². The first kappa shape index (κ1) is 15.4. The molecule has 0 unspecified atom stereocenters. The van der Waals surface area contributed by atoms with Crippen LogP contribution < -0.4 is 4.74 Å². The second-order valence-electron chi connectivity index (χ2n) is 5.73. The van der Waals surface area contributed by atoms with Crippen molar-refractivity contribution in [3.63, 3.8) is 0 Å². The largest absolute Gasteiger partial charge is 0.476 e. The molecule has 0 spiro atoms. The Morgan fingerprint density at radius 1 is 1.26 bits per heavy atom. The van der Waals surface area contributed by atoms with E-state index in [0.717, 1.165) is 39.0 Å². The molecule has 1 saturated heterocycles. The van der Waals surface area contributed by atoms with Gasteiger partial charge >= 0.3 is 0 Å². The average molecular weight is 312 g/mol. The molecular formula is C16H20N6O. The van der Waals surface area contributed by atoms with E-state index < -0.39 is 0 Å². The van der Waals surface area contributed by atoms with Crippen LogP contribution in [-0.4, -0.2) is 51.1 Å². The van der Waals surface area contributed by atoms with Crippen LogP contribution in [0, 0.1) is 17.2 Å². The van der Waals surface area contributed by atoms with Crippen molar-refractivity contribution in [2.45, 2.75) is 19.4 Å². The lowest BCUT2D eigenvalue weighted by atomic mass is 9.98. The molecule has 0 atom stereocenters. The van der Waals surface area contributed by atoms with E-state index in [4.69, 9.17) is 10.00 Å². The zero-order chi connectivity index (χ0) is 15.9. The topological polar surface area (TPSA) is 79.9 Å². The molecular weight excluding hydrogens is 292 g/mol. The molecule has 0 bridgehead atoms. The molecule has 7 nitrogen and oxygen atoms in total. The van der Waals surface area contributed by atoms with Gasteiger partial charge in [-0.3, -0.25) is 4.68 Å². The van der Waals surface area contributed by atoms with Gasteiger partial charge in [-0.2, -0.15) is 5.26 Å². The van der Waals surface area contributed by atoms with E-state index in [1.165, 1.54) is 0 Å². The number of rotatable bonds is 6. The second-order valence-corrected chi connectivity index (χ2v) is 5.73. The Kier molecular flexibility index (Phi) is 5.17. The van der Waals surface area contributed by atoms with E-state index in [9.17, 15) is 0 Å². The van der Waals surface area contributed by atoms with Gasteiger partial charge in [-0.25, -0.2) is 4.98 Å². The van der Waals surface area contributed by atoms with Crippen LogP contribution in [0.15, 0.2) is 30.7 Å². The molecule has 7 heteroatoms. The molecule has 0 radical (unpaired) electrons. The van der Waals surface area contributed by atoms with Gasteiger partial charge in [-0.05, 0) is 44.0 Å². The van der Waals surface area contributed by atoms with Crippen LogP contribution in [0.5, 0.6) is 5.88 Å². The van der Waals surface area contributed by atoms with Crippen molar-refractivity contribution in [3.05, 3.63) is 36.3 Å². The fraction of sp³-hybridized carbons (Fsp3) is 0.500. The number of hydrogen-bond acceptors (Lipinski definition) is 6. The molecule has 0 aromatic carbocycles. The van der Waals surface area contributed by atoms with Crippen LogP contribution in [0.25, 0.3) is 0 Å². The Morgan fingerprint density at radius 2 is 2.13 bits per heavy atom. The van der Waals surface area contributed by atoms with Gasteiger partial charge < -0.3 is 9.64 Å². The summed E-state index contributed by atoms with van der Waals surface area (Å²) in [6, 6.07) is 5.59. The van der Waals surface area contributed by atoms with Gasteiger partial charge in [0, 0.05) is 18.9 Å². The van der Waals surface area contributed by atoms with Gasteiger partial charge in [0.1, 0.15) is 11.6 Å². The van der Waals surface area contributed by atoms with Crippen LogP contribution in [0.2, 0.25) is 0 Å². The van der Waals surface area contributed by atoms with Gasteiger partial charge in [-0.1, -0.05) is 5.21 Å². The second kappa shape index (κ2) is 7.70. The fourth-order valence-electron chi connectivity index (χ4n) is 2.76. The Hall–Kier alpha value is -2.46. The molecule has 2 aromatic heterocycles. The number of piperidine rings is 1. The molecule has 0 aliphatic carbocycles. The van der Waals surface area contributed by atoms with Crippen LogP contribution >= 0.6 is 0 Å². The zero-order valence-electron chi connectivity index (χ0n) is 13.0. The van der Waals surface area contributed by atoms with Gasteiger partial charge in [0.25, 0.3) is 0 Å². The molecule has 0 N–H and O–H groups in total. The summed E-state index contributed by atoms with van der Waals surface area (Å²) in [5, 5.41) is 16.8. The van der Waals surface area contributed by atoms with E-state index in [-0.39, 0.29) is 0 Å². The molecule has 1 aliphatic heterocycles. The maximum Gasteiger partial charge on any atom is 0.231 e. The molecule has 23 heavy (non-hydrogen) atoms. The van der Waals surface area contributed by atoms with E-state index >= 15 is 0 Å². The standard InChI is InChI=1S/C16H20N6O/c17-12-15-2-1-5-18-16(15)23-13-14-3-7-21(8-4-14)10-11-22-9-6-19-20-22/h1-2,5-6,9,14H,3-4,7-8,10-11,13H2. The first-order chi connectivity index (χ1) is 11.3. The van der Waals surface area contributed by atoms with Crippen LogP contribution in [0.3, 0.4) is 0 Å². The van der Waals surface area contributed by atoms with Crippen molar-refractivity contribution in [2.24, 2.45) is 5.92 Å². The highest BCUT2D eigenvalue weighted by Gasteiger charge is 2.20. The number of nitrogens with zero attached hydrogens (tertiary/aromatic N) is 6. The number of aromatic nitrogens is 4. The lowest BCUT2D eigenvalue weighted by Crippen LogP contribution is -2.37. The first-order valence-corrected chi connectivity index (χ1v) is 7.89. The normalized spacial score (nSPS) is 16.1. The maximum atomic E-state index is 9.04. The monoisotopic (exact) mass is 312 g/mol. The molecule has 3 heterocycles. The van der Waals surface area contributed by atoms with Crippen molar-refractivity contribution >= 4 is 0 Å². The Labute approximate surface area is 135 Å². The lowest BCUT2D eigenvalue weighted by Gasteiger charge is -2.31. The van der Waals surface area contributed by atoms with Crippen LogP contribution in [-0.2, 0) is 6.54 Å². The molecule has 2 aromatic rings. The quantitative estimate of drug-likeness (QED) is 0.800.